The van der Waals surface area contributed by atoms with Crippen molar-refractivity contribution in [3.63, 3.8) is 0 Å². The van der Waals surface area contributed by atoms with Crippen LogP contribution in [0, 0.1) is 12.8 Å². The van der Waals surface area contributed by atoms with Gasteiger partial charge in [-0.15, -0.1) is 0 Å². The smallest absolute Gasteiger partial charge is 0.243 e. The van der Waals surface area contributed by atoms with Gasteiger partial charge in [-0.25, -0.2) is 8.42 Å². The van der Waals surface area contributed by atoms with Gasteiger partial charge in [0, 0.05) is 18.8 Å². The van der Waals surface area contributed by atoms with Crippen LogP contribution in [-0.4, -0.2) is 38.8 Å². The molecule has 0 bridgehead atoms. The Labute approximate surface area is 160 Å². The lowest BCUT2D eigenvalue weighted by Gasteiger charge is -2.31. The second kappa shape index (κ2) is 8.10. The third-order valence-electron chi connectivity index (χ3n) is 4.80. The van der Waals surface area contributed by atoms with Crippen molar-refractivity contribution in [3.8, 4) is 5.75 Å². The van der Waals surface area contributed by atoms with Gasteiger partial charge >= 0.3 is 0 Å². The molecule has 2 aromatic rings. The molecule has 2 aromatic carbocycles. The van der Waals surface area contributed by atoms with Crippen LogP contribution in [0.3, 0.4) is 0 Å². The molecule has 0 aromatic heterocycles. The van der Waals surface area contributed by atoms with Crippen LogP contribution in [0.25, 0.3) is 0 Å². The van der Waals surface area contributed by atoms with Gasteiger partial charge in [0.2, 0.25) is 15.9 Å². The molecule has 1 atom stereocenters. The van der Waals surface area contributed by atoms with Crippen LogP contribution in [0.5, 0.6) is 5.75 Å². The lowest BCUT2D eigenvalue weighted by atomic mass is 9.99. The number of aryl methyl sites for hydroxylation is 1. The number of nitrogens with zero attached hydrogens (tertiary/aromatic N) is 1. The first-order valence-electron chi connectivity index (χ1n) is 8.92. The maximum Gasteiger partial charge on any atom is 0.243 e. The maximum atomic E-state index is 13.0. The molecule has 0 saturated carbocycles. The lowest BCUT2D eigenvalue weighted by molar-refractivity contribution is -0.120. The molecule has 1 heterocycles. The Bertz CT molecular complexity index is 913. The van der Waals surface area contributed by atoms with E-state index in [0.717, 1.165) is 5.56 Å². The van der Waals surface area contributed by atoms with E-state index in [1.807, 2.05) is 37.3 Å². The van der Waals surface area contributed by atoms with Crippen LogP contribution in [-0.2, 0) is 14.8 Å². The third-order valence-corrected chi connectivity index (χ3v) is 6.66. The van der Waals surface area contributed by atoms with E-state index in [1.54, 1.807) is 25.3 Å². The number of ether oxygens (including phenoxy) is 1. The summed E-state index contributed by atoms with van der Waals surface area (Å²) < 4.78 is 32.6. The first kappa shape index (κ1) is 19.4. The van der Waals surface area contributed by atoms with Gasteiger partial charge in [0.1, 0.15) is 5.75 Å². The van der Waals surface area contributed by atoms with Crippen molar-refractivity contribution in [2.45, 2.75) is 24.7 Å². The van der Waals surface area contributed by atoms with E-state index in [4.69, 9.17) is 4.74 Å². The molecular weight excluding hydrogens is 364 g/mol. The van der Waals surface area contributed by atoms with E-state index in [2.05, 4.69) is 5.32 Å². The zero-order valence-corrected chi connectivity index (χ0v) is 16.3. The summed E-state index contributed by atoms with van der Waals surface area (Å²) in [6.45, 7) is 2.42. The van der Waals surface area contributed by atoms with Gasteiger partial charge in [0.25, 0.3) is 0 Å². The molecule has 0 radical (unpaired) electrons. The zero-order chi connectivity index (χ0) is 19.4. The van der Waals surface area contributed by atoms with Crippen LogP contribution in [0.4, 0.5) is 5.69 Å². The molecule has 1 fully saturated rings. The van der Waals surface area contributed by atoms with Gasteiger partial charge in [0.15, 0.2) is 0 Å². The number of carbonyl (C=O) groups excluding carboxylic acids is 1. The SMILES string of the molecule is COc1ccc(S(=O)(=O)N2CCCC(C(=O)Nc3ccccc3)C2)cc1C. The van der Waals surface area contributed by atoms with Crippen molar-refractivity contribution in [3.05, 3.63) is 54.1 Å². The number of piperidine rings is 1. The fraction of sp³-hybridized carbons (Fsp3) is 0.350. The fourth-order valence-corrected chi connectivity index (χ4v) is 4.91. The average molecular weight is 388 g/mol. The van der Waals surface area contributed by atoms with Crippen molar-refractivity contribution in [2.75, 3.05) is 25.5 Å². The highest BCUT2D eigenvalue weighted by atomic mass is 32.2. The number of hydrogen-bond acceptors (Lipinski definition) is 4. The molecule has 0 spiro atoms. The first-order valence-corrected chi connectivity index (χ1v) is 10.4. The van der Waals surface area contributed by atoms with Crippen LogP contribution in [0.1, 0.15) is 18.4 Å². The Morgan fingerprint density at radius 2 is 1.93 bits per heavy atom. The van der Waals surface area contributed by atoms with Gasteiger partial charge in [-0.3, -0.25) is 4.79 Å². The van der Waals surface area contributed by atoms with Crippen molar-refractivity contribution in [1.29, 1.82) is 0 Å². The Morgan fingerprint density at radius 1 is 1.19 bits per heavy atom. The Hall–Kier alpha value is -2.38. The van der Waals surface area contributed by atoms with Crippen LogP contribution < -0.4 is 10.1 Å². The van der Waals surface area contributed by atoms with Gasteiger partial charge in [0.05, 0.1) is 17.9 Å². The van der Waals surface area contributed by atoms with E-state index in [9.17, 15) is 13.2 Å². The molecule has 144 valence electrons. The highest BCUT2D eigenvalue weighted by Gasteiger charge is 2.33. The summed E-state index contributed by atoms with van der Waals surface area (Å²) in [5, 5.41) is 2.87. The highest BCUT2D eigenvalue weighted by molar-refractivity contribution is 7.89. The highest BCUT2D eigenvalue weighted by Crippen LogP contribution is 2.27. The van der Waals surface area contributed by atoms with Crippen molar-refractivity contribution < 1.29 is 17.9 Å². The number of methoxy groups -OCH3 is 1. The number of para-hydroxylation sites is 1. The van der Waals surface area contributed by atoms with Gasteiger partial charge < -0.3 is 10.1 Å². The van der Waals surface area contributed by atoms with Crippen molar-refractivity contribution in [1.82, 2.24) is 4.31 Å². The Kier molecular flexibility index (Phi) is 5.82. The van der Waals surface area contributed by atoms with Crippen LogP contribution in [0.15, 0.2) is 53.4 Å². The van der Waals surface area contributed by atoms with Crippen LogP contribution in [0.2, 0.25) is 0 Å². The molecule has 1 amide bonds. The quantitative estimate of drug-likeness (QED) is 0.854. The van der Waals surface area contributed by atoms with Gasteiger partial charge in [-0.05, 0) is 55.7 Å². The largest absolute Gasteiger partial charge is 0.496 e. The summed E-state index contributed by atoms with van der Waals surface area (Å²) in [7, 11) is -2.10. The van der Waals surface area contributed by atoms with E-state index in [-0.39, 0.29) is 23.3 Å². The number of hydrogen-bond donors (Lipinski definition) is 1. The van der Waals surface area contributed by atoms with Crippen LogP contribution >= 0.6 is 0 Å². The molecule has 1 saturated heterocycles. The molecule has 1 aliphatic heterocycles. The monoisotopic (exact) mass is 388 g/mol. The summed E-state index contributed by atoms with van der Waals surface area (Å²) in [4.78, 5) is 12.8. The molecular formula is C20H24N2O4S. The number of amides is 1. The van der Waals surface area contributed by atoms with Gasteiger partial charge in [-0.1, -0.05) is 18.2 Å². The third kappa shape index (κ3) is 4.31. The predicted molar refractivity (Wildman–Crippen MR) is 104 cm³/mol. The summed E-state index contributed by atoms with van der Waals surface area (Å²) in [5.41, 5.74) is 1.47. The summed E-state index contributed by atoms with van der Waals surface area (Å²) in [6.07, 6.45) is 1.33. The summed E-state index contributed by atoms with van der Waals surface area (Å²) in [6, 6.07) is 14.0. The lowest BCUT2D eigenvalue weighted by Crippen LogP contribution is -2.43. The molecule has 27 heavy (non-hydrogen) atoms. The number of benzene rings is 2. The van der Waals surface area contributed by atoms with Crippen molar-refractivity contribution >= 4 is 21.6 Å². The fourth-order valence-electron chi connectivity index (χ4n) is 3.30. The normalized spacial score (nSPS) is 18.1. The summed E-state index contributed by atoms with van der Waals surface area (Å²) >= 11 is 0. The minimum atomic E-state index is -3.65. The second-order valence-electron chi connectivity index (χ2n) is 6.69. The molecule has 1 aliphatic rings. The second-order valence-corrected chi connectivity index (χ2v) is 8.63. The van der Waals surface area contributed by atoms with Gasteiger partial charge in [-0.2, -0.15) is 4.31 Å². The number of anilines is 1. The molecule has 1 unspecified atom stereocenters. The molecule has 0 aliphatic carbocycles. The summed E-state index contributed by atoms with van der Waals surface area (Å²) in [5.74, 6) is 0.132. The predicted octanol–water partition coefficient (Wildman–Crippen LogP) is 3.04. The molecule has 1 N–H and O–H groups in total. The minimum Gasteiger partial charge on any atom is -0.496 e. The van der Waals surface area contributed by atoms with E-state index < -0.39 is 10.0 Å². The standard InChI is InChI=1S/C20H24N2O4S/c1-15-13-18(10-11-19(15)26-2)27(24,25)22-12-6-7-16(14-22)20(23)21-17-8-4-3-5-9-17/h3-5,8-11,13,16H,6-7,12,14H2,1-2H3,(H,21,23). The Morgan fingerprint density at radius 3 is 2.59 bits per heavy atom. The van der Waals surface area contributed by atoms with E-state index in [0.29, 0.717) is 30.8 Å². The average Bonchev–Trinajstić information content (AvgIpc) is 2.68. The maximum absolute atomic E-state index is 13.0. The molecule has 3 rings (SSSR count). The first-order chi connectivity index (χ1) is 12.9. The number of nitrogens with one attached hydrogen (secondary N) is 1. The van der Waals surface area contributed by atoms with E-state index >= 15 is 0 Å². The topological polar surface area (TPSA) is 75.7 Å². The molecule has 7 heteroatoms. The number of sulfonamides is 1. The Balaban J connectivity index is 1.75. The minimum absolute atomic E-state index is 0.146. The van der Waals surface area contributed by atoms with E-state index in [1.165, 1.54) is 4.31 Å². The number of rotatable bonds is 5. The van der Waals surface area contributed by atoms with Crippen molar-refractivity contribution in [2.24, 2.45) is 5.92 Å². The molecule has 6 nitrogen and oxygen atoms in total. The zero-order valence-electron chi connectivity index (χ0n) is 15.5. The number of carbonyl (C=O) groups is 1.